The number of rotatable bonds is 8. The van der Waals surface area contributed by atoms with E-state index in [1.807, 2.05) is 4.90 Å². The Bertz CT molecular complexity index is 873. The van der Waals surface area contributed by atoms with Crippen molar-refractivity contribution in [3.8, 4) is 0 Å². The largest absolute Gasteiger partial charge is 0.442 e. The number of benzene rings is 1. The summed E-state index contributed by atoms with van der Waals surface area (Å²) in [6.45, 7) is 3.43. The fourth-order valence-electron chi connectivity index (χ4n) is 4.59. The number of amides is 3. The fourth-order valence-corrected chi connectivity index (χ4v) is 4.59. The van der Waals surface area contributed by atoms with Gasteiger partial charge in [-0.2, -0.15) is 0 Å². The van der Waals surface area contributed by atoms with Crippen molar-refractivity contribution in [1.29, 1.82) is 0 Å². The molecule has 3 aliphatic heterocycles. The van der Waals surface area contributed by atoms with Gasteiger partial charge in [-0.05, 0) is 37.6 Å². The van der Waals surface area contributed by atoms with Crippen LogP contribution in [0, 0.1) is 5.82 Å². The van der Waals surface area contributed by atoms with Gasteiger partial charge in [0.1, 0.15) is 18.5 Å². The van der Waals surface area contributed by atoms with Crippen LogP contribution in [0.4, 0.5) is 20.6 Å². The predicted octanol–water partition coefficient (Wildman–Crippen LogP) is 0.614. The van der Waals surface area contributed by atoms with Crippen LogP contribution in [-0.2, 0) is 19.1 Å². The minimum atomic E-state index is -0.553. The molecule has 2 atom stereocenters. The predicted molar refractivity (Wildman–Crippen MR) is 118 cm³/mol. The molecule has 11 heteroatoms. The Hall–Kier alpha value is -2.92. The molecule has 1 aromatic rings. The summed E-state index contributed by atoms with van der Waals surface area (Å²) < 4.78 is 25.3. The van der Waals surface area contributed by atoms with Gasteiger partial charge in [-0.15, -0.1) is 0 Å². The second-order valence-electron chi connectivity index (χ2n) is 8.47. The number of nitrogens with zero attached hydrogens (tertiary/aromatic N) is 4. The average molecular weight is 464 g/mol. The van der Waals surface area contributed by atoms with E-state index in [0.29, 0.717) is 37.6 Å². The lowest BCUT2D eigenvalue weighted by atomic mass is 10.2. The summed E-state index contributed by atoms with van der Waals surface area (Å²) in [4.78, 5) is 42.5. The topological polar surface area (TPSA) is 94.7 Å². The Kier molecular flexibility index (Phi) is 7.29. The van der Waals surface area contributed by atoms with Crippen molar-refractivity contribution in [3.05, 3.63) is 24.0 Å². The maximum Gasteiger partial charge on any atom is 0.414 e. The summed E-state index contributed by atoms with van der Waals surface area (Å²) in [6, 6.07) is 4.68. The number of halogens is 1. The van der Waals surface area contributed by atoms with Gasteiger partial charge in [0.15, 0.2) is 0 Å². The Balaban J connectivity index is 1.36. The molecule has 0 saturated carbocycles. The first-order valence-corrected chi connectivity index (χ1v) is 11.2. The average Bonchev–Trinajstić information content (AvgIpc) is 3.47. The smallest absolute Gasteiger partial charge is 0.414 e. The van der Waals surface area contributed by atoms with Crippen LogP contribution in [0.15, 0.2) is 18.2 Å². The minimum absolute atomic E-state index is 0.0394. The lowest BCUT2D eigenvalue weighted by Gasteiger charge is -2.36. The van der Waals surface area contributed by atoms with Gasteiger partial charge in [0.05, 0.1) is 30.6 Å². The maximum absolute atomic E-state index is 15.0. The van der Waals surface area contributed by atoms with Crippen LogP contribution in [0.3, 0.4) is 0 Å². The molecule has 1 aromatic carbocycles. The van der Waals surface area contributed by atoms with E-state index in [1.54, 1.807) is 21.9 Å². The number of methoxy groups -OCH3 is 1. The summed E-state index contributed by atoms with van der Waals surface area (Å²) in [5.74, 6) is -0.517. The van der Waals surface area contributed by atoms with Gasteiger partial charge in [-0.1, -0.05) is 0 Å². The normalized spacial score (nSPS) is 23.1. The Morgan fingerprint density at radius 3 is 2.76 bits per heavy atom. The summed E-state index contributed by atoms with van der Waals surface area (Å²) in [5.41, 5.74) is 0.843. The van der Waals surface area contributed by atoms with E-state index in [1.165, 1.54) is 18.1 Å². The van der Waals surface area contributed by atoms with Crippen molar-refractivity contribution in [2.45, 2.75) is 25.1 Å². The summed E-state index contributed by atoms with van der Waals surface area (Å²) in [5, 5.41) is 3.25. The molecule has 4 rings (SSSR count). The van der Waals surface area contributed by atoms with Crippen molar-refractivity contribution in [2.24, 2.45) is 0 Å². The van der Waals surface area contributed by atoms with E-state index in [4.69, 9.17) is 9.47 Å². The number of piperazine rings is 1. The van der Waals surface area contributed by atoms with Gasteiger partial charge in [0.2, 0.25) is 12.3 Å². The number of cyclic esters (lactones) is 1. The first-order chi connectivity index (χ1) is 16.0. The van der Waals surface area contributed by atoms with Gasteiger partial charge < -0.3 is 24.2 Å². The summed E-state index contributed by atoms with van der Waals surface area (Å²) in [6.07, 6.45) is 1.56. The monoisotopic (exact) mass is 463 g/mol. The lowest BCUT2D eigenvalue weighted by molar-refractivity contribution is -0.135. The Labute approximate surface area is 192 Å². The zero-order chi connectivity index (χ0) is 23.4. The zero-order valence-corrected chi connectivity index (χ0v) is 18.7. The van der Waals surface area contributed by atoms with Crippen LogP contribution >= 0.6 is 0 Å². The van der Waals surface area contributed by atoms with Crippen LogP contribution < -0.4 is 15.1 Å². The van der Waals surface area contributed by atoms with E-state index in [2.05, 4.69) is 5.32 Å². The fraction of sp³-hybridized carbons (Fsp3) is 0.591. The van der Waals surface area contributed by atoms with Gasteiger partial charge in [0.25, 0.3) is 0 Å². The molecule has 33 heavy (non-hydrogen) atoms. The second-order valence-corrected chi connectivity index (χ2v) is 8.47. The van der Waals surface area contributed by atoms with Gasteiger partial charge in [0, 0.05) is 33.3 Å². The molecule has 3 amide bonds. The first kappa shape index (κ1) is 23.2. The molecular formula is C22H30FN5O5. The quantitative estimate of drug-likeness (QED) is 0.565. The van der Waals surface area contributed by atoms with Crippen LogP contribution in [0.1, 0.15) is 12.8 Å². The van der Waals surface area contributed by atoms with E-state index in [0.717, 1.165) is 25.8 Å². The highest BCUT2D eigenvalue weighted by Crippen LogP contribution is 2.29. The summed E-state index contributed by atoms with van der Waals surface area (Å²) in [7, 11) is 1.48. The number of anilines is 2. The van der Waals surface area contributed by atoms with E-state index >= 15 is 0 Å². The standard InChI is InChI=1S/C22H30FN5O5/c1-32-14-21(30)26-9-7-25(8-10-26)19-5-4-16(11-18(19)23)28-13-17(33-22(28)31)12-27(15-29)20-3-2-6-24-20/h4-5,11,15,17,20,24H,2-3,6-10,12-14H2,1H3/t17?,20-/m0/s1. The number of ether oxygens (including phenoxy) is 2. The van der Waals surface area contributed by atoms with Gasteiger partial charge in [-0.3, -0.25) is 19.8 Å². The number of hydrogen-bond donors (Lipinski definition) is 1. The molecule has 1 unspecified atom stereocenters. The maximum atomic E-state index is 15.0. The Morgan fingerprint density at radius 2 is 2.12 bits per heavy atom. The number of nitrogens with one attached hydrogen (secondary N) is 1. The molecule has 0 radical (unpaired) electrons. The minimum Gasteiger partial charge on any atom is -0.442 e. The van der Waals surface area contributed by atoms with Crippen molar-refractivity contribution in [2.75, 3.05) is 69.3 Å². The van der Waals surface area contributed by atoms with Crippen LogP contribution in [-0.4, -0.2) is 100 Å². The van der Waals surface area contributed by atoms with Crippen molar-refractivity contribution in [1.82, 2.24) is 15.1 Å². The molecule has 10 nitrogen and oxygen atoms in total. The molecule has 0 spiro atoms. The molecule has 0 aliphatic carbocycles. The van der Waals surface area contributed by atoms with Crippen molar-refractivity contribution < 1.29 is 28.2 Å². The third-order valence-electron chi connectivity index (χ3n) is 6.34. The molecule has 3 saturated heterocycles. The van der Waals surface area contributed by atoms with E-state index in [9.17, 15) is 18.8 Å². The highest BCUT2D eigenvalue weighted by molar-refractivity contribution is 5.90. The van der Waals surface area contributed by atoms with Crippen LogP contribution in [0.25, 0.3) is 0 Å². The molecule has 0 aromatic heterocycles. The summed E-state index contributed by atoms with van der Waals surface area (Å²) >= 11 is 0. The number of hydrogen-bond acceptors (Lipinski definition) is 7. The van der Waals surface area contributed by atoms with Crippen LogP contribution in [0.5, 0.6) is 0 Å². The number of carbonyl (C=O) groups excluding carboxylic acids is 3. The zero-order valence-electron chi connectivity index (χ0n) is 18.7. The molecule has 3 heterocycles. The van der Waals surface area contributed by atoms with Crippen molar-refractivity contribution >= 4 is 29.8 Å². The molecule has 3 aliphatic rings. The van der Waals surface area contributed by atoms with Gasteiger partial charge >= 0.3 is 6.09 Å². The molecule has 3 fully saturated rings. The molecular weight excluding hydrogens is 433 g/mol. The Morgan fingerprint density at radius 1 is 1.33 bits per heavy atom. The SMILES string of the molecule is COCC(=O)N1CCN(c2ccc(N3CC(CN(C=O)[C@H]4CCCN4)OC3=O)cc2F)CC1. The highest BCUT2D eigenvalue weighted by Gasteiger charge is 2.35. The molecule has 1 N–H and O–H groups in total. The van der Waals surface area contributed by atoms with Gasteiger partial charge in [-0.25, -0.2) is 9.18 Å². The highest BCUT2D eigenvalue weighted by atomic mass is 19.1. The van der Waals surface area contributed by atoms with Crippen molar-refractivity contribution in [3.63, 3.8) is 0 Å². The van der Waals surface area contributed by atoms with Crippen LogP contribution in [0.2, 0.25) is 0 Å². The van der Waals surface area contributed by atoms with E-state index in [-0.39, 0.29) is 31.8 Å². The number of carbonyl (C=O) groups is 3. The third-order valence-corrected chi connectivity index (χ3v) is 6.34. The second kappa shape index (κ2) is 10.3. The third kappa shape index (κ3) is 5.19. The van der Waals surface area contributed by atoms with E-state index < -0.39 is 18.0 Å². The molecule has 180 valence electrons. The lowest BCUT2D eigenvalue weighted by Crippen LogP contribution is -2.50. The molecule has 0 bridgehead atoms. The first-order valence-electron chi connectivity index (χ1n) is 11.2.